The van der Waals surface area contributed by atoms with Crippen LogP contribution in [0.5, 0.6) is 17.2 Å². The SMILES string of the molecule is COc1cc(NCC(=O)Nc2ccc(OC(F)F)cc2)c(OC)cc1Cl. The zero-order chi connectivity index (χ0) is 19.1. The van der Waals surface area contributed by atoms with Crippen molar-refractivity contribution in [3.63, 3.8) is 0 Å². The van der Waals surface area contributed by atoms with Crippen LogP contribution in [0.15, 0.2) is 36.4 Å². The van der Waals surface area contributed by atoms with Gasteiger partial charge in [-0.2, -0.15) is 8.78 Å². The van der Waals surface area contributed by atoms with Crippen molar-refractivity contribution in [2.24, 2.45) is 0 Å². The van der Waals surface area contributed by atoms with Crippen molar-refractivity contribution in [2.75, 3.05) is 31.4 Å². The number of amides is 1. The molecule has 0 aliphatic rings. The second kappa shape index (κ2) is 9.10. The lowest BCUT2D eigenvalue weighted by atomic mass is 10.2. The maximum Gasteiger partial charge on any atom is 0.387 e. The molecule has 140 valence electrons. The summed E-state index contributed by atoms with van der Waals surface area (Å²) in [5.74, 6) is 0.555. The minimum absolute atomic E-state index is 0.00844. The van der Waals surface area contributed by atoms with Crippen LogP contribution in [0.2, 0.25) is 5.02 Å². The van der Waals surface area contributed by atoms with Crippen molar-refractivity contribution in [3.8, 4) is 17.2 Å². The number of anilines is 2. The van der Waals surface area contributed by atoms with Crippen molar-refractivity contribution in [2.45, 2.75) is 6.61 Å². The molecule has 2 N–H and O–H groups in total. The zero-order valence-electron chi connectivity index (χ0n) is 14.0. The van der Waals surface area contributed by atoms with Gasteiger partial charge in [0.2, 0.25) is 5.91 Å². The average Bonchev–Trinajstić information content (AvgIpc) is 2.61. The number of ether oxygens (including phenoxy) is 3. The van der Waals surface area contributed by atoms with Crippen molar-refractivity contribution in [3.05, 3.63) is 41.4 Å². The first-order valence-corrected chi connectivity index (χ1v) is 7.81. The largest absolute Gasteiger partial charge is 0.495 e. The molecule has 0 spiro atoms. The number of hydrogen-bond donors (Lipinski definition) is 2. The first-order valence-electron chi connectivity index (χ1n) is 7.43. The molecule has 0 bridgehead atoms. The van der Waals surface area contributed by atoms with Gasteiger partial charge < -0.3 is 24.8 Å². The van der Waals surface area contributed by atoms with E-state index in [1.165, 1.54) is 38.5 Å². The molecule has 9 heteroatoms. The molecular weight excluding hydrogens is 370 g/mol. The van der Waals surface area contributed by atoms with Crippen LogP contribution >= 0.6 is 11.6 Å². The summed E-state index contributed by atoms with van der Waals surface area (Å²) >= 11 is 6.03. The highest BCUT2D eigenvalue weighted by molar-refractivity contribution is 6.32. The summed E-state index contributed by atoms with van der Waals surface area (Å²) in [5, 5.41) is 5.93. The van der Waals surface area contributed by atoms with Crippen LogP contribution in [0.3, 0.4) is 0 Å². The van der Waals surface area contributed by atoms with Gasteiger partial charge in [-0.05, 0) is 24.3 Å². The first kappa shape index (κ1) is 19.6. The Morgan fingerprint density at radius 2 is 1.77 bits per heavy atom. The van der Waals surface area contributed by atoms with Crippen LogP contribution < -0.4 is 24.8 Å². The number of carbonyl (C=O) groups excluding carboxylic acids is 1. The predicted octanol–water partition coefficient (Wildman–Crippen LogP) is 4.01. The van der Waals surface area contributed by atoms with Gasteiger partial charge in [-0.15, -0.1) is 0 Å². The molecule has 2 aromatic carbocycles. The van der Waals surface area contributed by atoms with Crippen molar-refractivity contribution in [1.29, 1.82) is 0 Å². The Balaban J connectivity index is 1.96. The van der Waals surface area contributed by atoms with Gasteiger partial charge in [0.1, 0.15) is 17.2 Å². The van der Waals surface area contributed by atoms with Gasteiger partial charge in [0, 0.05) is 17.8 Å². The molecule has 0 radical (unpaired) electrons. The summed E-state index contributed by atoms with van der Waals surface area (Å²) in [5.41, 5.74) is 0.976. The van der Waals surface area contributed by atoms with E-state index in [0.29, 0.717) is 27.9 Å². The van der Waals surface area contributed by atoms with Gasteiger partial charge in [0.05, 0.1) is 31.5 Å². The lowest BCUT2D eigenvalue weighted by Gasteiger charge is -2.14. The minimum atomic E-state index is -2.90. The van der Waals surface area contributed by atoms with E-state index in [-0.39, 0.29) is 18.2 Å². The van der Waals surface area contributed by atoms with Crippen molar-refractivity contribution < 1.29 is 27.8 Å². The van der Waals surface area contributed by atoms with E-state index < -0.39 is 6.61 Å². The number of carbonyl (C=O) groups is 1. The minimum Gasteiger partial charge on any atom is -0.495 e. The zero-order valence-corrected chi connectivity index (χ0v) is 14.8. The molecule has 2 aromatic rings. The van der Waals surface area contributed by atoms with Crippen LogP contribution in [0.1, 0.15) is 0 Å². The molecule has 2 rings (SSSR count). The summed E-state index contributed by atoms with van der Waals surface area (Å²) in [7, 11) is 2.96. The van der Waals surface area contributed by atoms with Gasteiger partial charge in [-0.25, -0.2) is 0 Å². The molecule has 0 unspecified atom stereocenters. The molecule has 0 aliphatic carbocycles. The molecule has 0 heterocycles. The maximum absolute atomic E-state index is 12.1. The van der Waals surface area contributed by atoms with Crippen LogP contribution in [0, 0.1) is 0 Å². The smallest absolute Gasteiger partial charge is 0.387 e. The number of hydrogen-bond acceptors (Lipinski definition) is 5. The molecule has 0 aromatic heterocycles. The third-order valence-electron chi connectivity index (χ3n) is 3.28. The number of alkyl halides is 2. The first-order chi connectivity index (χ1) is 12.4. The van der Waals surface area contributed by atoms with Gasteiger partial charge in [-0.3, -0.25) is 4.79 Å². The number of methoxy groups -OCH3 is 2. The van der Waals surface area contributed by atoms with Gasteiger partial charge >= 0.3 is 6.61 Å². The van der Waals surface area contributed by atoms with E-state index in [1.54, 1.807) is 12.1 Å². The monoisotopic (exact) mass is 386 g/mol. The third kappa shape index (κ3) is 5.38. The molecule has 6 nitrogen and oxygen atoms in total. The van der Waals surface area contributed by atoms with Gasteiger partial charge in [-0.1, -0.05) is 11.6 Å². The molecule has 1 amide bonds. The second-order valence-corrected chi connectivity index (χ2v) is 5.40. The van der Waals surface area contributed by atoms with Crippen LogP contribution in [-0.4, -0.2) is 33.3 Å². The number of halogens is 3. The highest BCUT2D eigenvalue weighted by Crippen LogP contribution is 2.35. The fourth-order valence-corrected chi connectivity index (χ4v) is 2.33. The molecule has 26 heavy (non-hydrogen) atoms. The summed E-state index contributed by atoms with van der Waals surface area (Å²) < 4.78 is 38.8. The number of rotatable bonds is 8. The van der Waals surface area contributed by atoms with Crippen molar-refractivity contribution >= 4 is 28.9 Å². The molecule has 0 fully saturated rings. The number of nitrogens with one attached hydrogen (secondary N) is 2. The van der Waals surface area contributed by atoms with E-state index >= 15 is 0 Å². The topological polar surface area (TPSA) is 68.8 Å². The maximum atomic E-state index is 12.1. The summed E-state index contributed by atoms with van der Waals surface area (Å²) in [4.78, 5) is 12.0. The van der Waals surface area contributed by atoms with Gasteiger partial charge in [0.15, 0.2) is 0 Å². The Bertz CT molecular complexity index is 757. The molecule has 0 saturated carbocycles. The van der Waals surface area contributed by atoms with Gasteiger partial charge in [0.25, 0.3) is 0 Å². The van der Waals surface area contributed by atoms with Crippen LogP contribution in [-0.2, 0) is 4.79 Å². The number of benzene rings is 2. The van der Waals surface area contributed by atoms with E-state index in [2.05, 4.69) is 15.4 Å². The predicted molar refractivity (Wildman–Crippen MR) is 94.7 cm³/mol. The highest BCUT2D eigenvalue weighted by atomic mass is 35.5. The van der Waals surface area contributed by atoms with Crippen LogP contribution in [0.4, 0.5) is 20.2 Å². The Labute approximate surface area is 154 Å². The van der Waals surface area contributed by atoms with E-state index in [0.717, 1.165) is 0 Å². The van der Waals surface area contributed by atoms with E-state index in [1.807, 2.05) is 0 Å². The molecule has 0 saturated heterocycles. The lowest BCUT2D eigenvalue weighted by Crippen LogP contribution is -2.22. The quantitative estimate of drug-likeness (QED) is 0.717. The highest BCUT2D eigenvalue weighted by Gasteiger charge is 2.11. The molecule has 0 aliphatic heterocycles. The average molecular weight is 387 g/mol. The van der Waals surface area contributed by atoms with Crippen molar-refractivity contribution in [1.82, 2.24) is 0 Å². The second-order valence-electron chi connectivity index (χ2n) is 4.99. The third-order valence-corrected chi connectivity index (χ3v) is 3.57. The normalized spacial score (nSPS) is 10.4. The van der Waals surface area contributed by atoms with E-state index in [4.69, 9.17) is 21.1 Å². The fraction of sp³-hybridized carbons (Fsp3) is 0.235. The summed E-state index contributed by atoms with van der Waals surface area (Å²) in [6.45, 7) is -2.96. The Morgan fingerprint density at radius 3 is 2.35 bits per heavy atom. The van der Waals surface area contributed by atoms with Crippen LogP contribution in [0.25, 0.3) is 0 Å². The summed E-state index contributed by atoms with van der Waals surface area (Å²) in [6.07, 6.45) is 0. The Hall–Kier alpha value is -2.74. The fourth-order valence-electron chi connectivity index (χ4n) is 2.10. The molecular formula is C17H17ClF2N2O4. The lowest BCUT2D eigenvalue weighted by molar-refractivity contribution is -0.114. The Kier molecular flexibility index (Phi) is 6.85. The van der Waals surface area contributed by atoms with E-state index in [9.17, 15) is 13.6 Å². The summed E-state index contributed by atoms with van der Waals surface area (Å²) in [6, 6.07) is 8.78. The standard InChI is InChI=1S/C17H17ClF2N2O4/c1-24-14-8-13(15(25-2)7-12(14)18)21-9-16(23)22-10-3-5-11(6-4-10)26-17(19)20/h3-8,17,21H,9H2,1-2H3,(H,22,23). The molecule has 0 atom stereocenters. The Morgan fingerprint density at radius 1 is 1.12 bits per heavy atom.